The van der Waals surface area contributed by atoms with Crippen molar-refractivity contribution in [1.29, 1.82) is 0 Å². The Morgan fingerprint density at radius 1 is 1.13 bits per heavy atom. The van der Waals surface area contributed by atoms with Crippen molar-refractivity contribution in [3.05, 3.63) is 0 Å². The minimum Gasteiger partial charge on any atom is -0.341 e. The SMILES string of the molecule is CCNC(=O)NCC(=O)N1CCCCC1. The van der Waals surface area contributed by atoms with Gasteiger partial charge in [0.05, 0.1) is 6.54 Å². The number of hydrogen-bond acceptors (Lipinski definition) is 2. The van der Waals surface area contributed by atoms with Gasteiger partial charge in [0.1, 0.15) is 0 Å². The van der Waals surface area contributed by atoms with Crippen molar-refractivity contribution in [2.75, 3.05) is 26.2 Å². The fourth-order valence-corrected chi connectivity index (χ4v) is 1.63. The lowest BCUT2D eigenvalue weighted by Crippen LogP contribution is -2.45. The summed E-state index contributed by atoms with van der Waals surface area (Å²) in [5, 5.41) is 5.12. The van der Waals surface area contributed by atoms with Gasteiger partial charge in [0.15, 0.2) is 0 Å². The Hall–Kier alpha value is -1.26. The molecule has 15 heavy (non-hydrogen) atoms. The molecule has 2 N–H and O–H groups in total. The Bertz CT molecular complexity index is 225. The number of carbonyl (C=O) groups excluding carboxylic acids is 2. The molecule has 0 atom stereocenters. The summed E-state index contributed by atoms with van der Waals surface area (Å²) >= 11 is 0. The van der Waals surface area contributed by atoms with Crippen LogP contribution in [0.25, 0.3) is 0 Å². The minimum absolute atomic E-state index is 0.0148. The second-order valence-corrected chi connectivity index (χ2v) is 3.65. The lowest BCUT2D eigenvalue weighted by Gasteiger charge is -2.26. The van der Waals surface area contributed by atoms with Crippen molar-refractivity contribution in [1.82, 2.24) is 15.5 Å². The number of piperidine rings is 1. The maximum absolute atomic E-state index is 11.6. The Labute approximate surface area is 90.2 Å². The first-order chi connectivity index (χ1) is 7.24. The number of nitrogens with zero attached hydrogens (tertiary/aromatic N) is 1. The molecule has 1 fully saturated rings. The van der Waals surface area contributed by atoms with Gasteiger partial charge in [-0.25, -0.2) is 4.79 Å². The molecule has 1 aliphatic heterocycles. The molecule has 1 rings (SSSR count). The van der Waals surface area contributed by atoms with Crippen LogP contribution in [0.2, 0.25) is 0 Å². The second kappa shape index (κ2) is 6.27. The van der Waals surface area contributed by atoms with E-state index in [2.05, 4.69) is 10.6 Å². The number of carbonyl (C=O) groups is 2. The Morgan fingerprint density at radius 3 is 2.40 bits per heavy atom. The molecule has 0 spiro atoms. The lowest BCUT2D eigenvalue weighted by atomic mass is 10.1. The molecule has 0 unspecified atom stereocenters. The normalized spacial score (nSPS) is 15.9. The summed E-state index contributed by atoms with van der Waals surface area (Å²) in [5.74, 6) is 0.0148. The fraction of sp³-hybridized carbons (Fsp3) is 0.800. The third-order valence-corrected chi connectivity index (χ3v) is 2.45. The molecule has 0 radical (unpaired) electrons. The van der Waals surface area contributed by atoms with E-state index in [-0.39, 0.29) is 18.5 Å². The summed E-state index contributed by atoms with van der Waals surface area (Å²) in [6, 6.07) is -0.275. The molecule has 0 saturated carbocycles. The summed E-state index contributed by atoms with van der Waals surface area (Å²) in [7, 11) is 0. The van der Waals surface area contributed by atoms with Crippen LogP contribution in [0, 0.1) is 0 Å². The average Bonchev–Trinajstić information content (AvgIpc) is 2.27. The summed E-state index contributed by atoms with van der Waals surface area (Å²) < 4.78 is 0. The van der Waals surface area contributed by atoms with Crippen molar-refractivity contribution >= 4 is 11.9 Å². The lowest BCUT2D eigenvalue weighted by molar-refractivity contribution is -0.130. The molecule has 0 aromatic heterocycles. The van der Waals surface area contributed by atoms with Crippen LogP contribution in [-0.4, -0.2) is 43.0 Å². The summed E-state index contributed by atoms with van der Waals surface area (Å²) in [6.45, 7) is 4.17. The predicted octanol–water partition coefficient (Wildman–Crippen LogP) is 0.318. The highest BCUT2D eigenvalue weighted by Gasteiger charge is 2.16. The van der Waals surface area contributed by atoms with E-state index in [0.29, 0.717) is 6.54 Å². The van der Waals surface area contributed by atoms with E-state index in [1.165, 1.54) is 6.42 Å². The summed E-state index contributed by atoms with van der Waals surface area (Å²) in [4.78, 5) is 24.4. The van der Waals surface area contributed by atoms with E-state index >= 15 is 0 Å². The quantitative estimate of drug-likeness (QED) is 0.709. The van der Waals surface area contributed by atoms with Crippen LogP contribution in [-0.2, 0) is 4.79 Å². The Morgan fingerprint density at radius 2 is 1.80 bits per heavy atom. The molecule has 1 saturated heterocycles. The number of hydrogen-bond donors (Lipinski definition) is 2. The van der Waals surface area contributed by atoms with Gasteiger partial charge in [-0.1, -0.05) is 0 Å². The number of rotatable bonds is 3. The van der Waals surface area contributed by atoms with E-state index in [0.717, 1.165) is 25.9 Å². The first-order valence-electron chi connectivity index (χ1n) is 5.53. The highest BCUT2D eigenvalue weighted by molar-refractivity contribution is 5.83. The Kier molecular flexibility index (Phi) is 4.93. The van der Waals surface area contributed by atoms with Crippen molar-refractivity contribution in [2.45, 2.75) is 26.2 Å². The molecule has 0 aromatic carbocycles. The monoisotopic (exact) mass is 213 g/mol. The van der Waals surface area contributed by atoms with Crippen LogP contribution in [0.4, 0.5) is 4.79 Å². The maximum atomic E-state index is 11.6. The van der Waals surface area contributed by atoms with Gasteiger partial charge in [-0.2, -0.15) is 0 Å². The van der Waals surface area contributed by atoms with Crippen LogP contribution in [0.1, 0.15) is 26.2 Å². The van der Waals surface area contributed by atoms with Crippen molar-refractivity contribution in [3.63, 3.8) is 0 Å². The molecular formula is C10H19N3O2. The van der Waals surface area contributed by atoms with Crippen molar-refractivity contribution in [3.8, 4) is 0 Å². The molecular weight excluding hydrogens is 194 g/mol. The van der Waals surface area contributed by atoms with Gasteiger partial charge in [-0.05, 0) is 26.2 Å². The topological polar surface area (TPSA) is 61.4 Å². The molecule has 1 heterocycles. The zero-order chi connectivity index (χ0) is 11.1. The molecule has 0 aliphatic carbocycles. The average molecular weight is 213 g/mol. The molecule has 1 aliphatic rings. The van der Waals surface area contributed by atoms with Gasteiger partial charge in [-0.15, -0.1) is 0 Å². The molecule has 5 heteroatoms. The third kappa shape index (κ3) is 4.18. The summed E-state index contributed by atoms with van der Waals surface area (Å²) in [5.41, 5.74) is 0. The van der Waals surface area contributed by atoms with Crippen LogP contribution in [0.5, 0.6) is 0 Å². The van der Waals surface area contributed by atoms with Gasteiger partial charge in [-0.3, -0.25) is 4.79 Å². The number of nitrogens with one attached hydrogen (secondary N) is 2. The summed E-state index contributed by atoms with van der Waals surface area (Å²) in [6.07, 6.45) is 3.35. The first-order valence-corrected chi connectivity index (χ1v) is 5.53. The van der Waals surface area contributed by atoms with Crippen molar-refractivity contribution in [2.24, 2.45) is 0 Å². The third-order valence-electron chi connectivity index (χ3n) is 2.45. The molecule has 5 nitrogen and oxygen atoms in total. The Balaban J connectivity index is 2.19. The van der Waals surface area contributed by atoms with Gasteiger partial charge < -0.3 is 15.5 Å². The fourth-order valence-electron chi connectivity index (χ4n) is 1.63. The van der Waals surface area contributed by atoms with E-state index in [9.17, 15) is 9.59 Å². The van der Waals surface area contributed by atoms with Gasteiger partial charge in [0, 0.05) is 19.6 Å². The standard InChI is InChI=1S/C10H19N3O2/c1-2-11-10(15)12-8-9(14)13-6-4-3-5-7-13/h2-8H2,1H3,(H2,11,12,15). The van der Waals surface area contributed by atoms with Crippen LogP contribution in [0.15, 0.2) is 0 Å². The zero-order valence-electron chi connectivity index (χ0n) is 9.21. The van der Waals surface area contributed by atoms with E-state index in [1.807, 2.05) is 11.8 Å². The van der Waals surface area contributed by atoms with Crippen LogP contribution in [0.3, 0.4) is 0 Å². The molecule has 86 valence electrons. The second-order valence-electron chi connectivity index (χ2n) is 3.65. The van der Waals surface area contributed by atoms with Crippen LogP contribution >= 0.6 is 0 Å². The van der Waals surface area contributed by atoms with Gasteiger partial charge in [0.25, 0.3) is 0 Å². The molecule has 0 bridgehead atoms. The molecule has 3 amide bonds. The first kappa shape index (κ1) is 11.8. The smallest absolute Gasteiger partial charge is 0.315 e. The molecule has 0 aromatic rings. The number of likely N-dealkylation sites (tertiary alicyclic amines) is 1. The van der Waals surface area contributed by atoms with E-state index in [1.54, 1.807) is 0 Å². The highest BCUT2D eigenvalue weighted by atomic mass is 16.2. The maximum Gasteiger partial charge on any atom is 0.315 e. The minimum atomic E-state index is -0.275. The number of amides is 3. The largest absolute Gasteiger partial charge is 0.341 e. The van der Waals surface area contributed by atoms with Crippen LogP contribution < -0.4 is 10.6 Å². The van der Waals surface area contributed by atoms with Gasteiger partial charge in [0.2, 0.25) is 5.91 Å². The zero-order valence-corrected chi connectivity index (χ0v) is 9.21. The van der Waals surface area contributed by atoms with E-state index < -0.39 is 0 Å². The predicted molar refractivity (Wildman–Crippen MR) is 57.5 cm³/mol. The van der Waals surface area contributed by atoms with Crippen molar-refractivity contribution < 1.29 is 9.59 Å². The highest BCUT2D eigenvalue weighted by Crippen LogP contribution is 2.07. The number of urea groups is 1. The van der Waals surface area contributed by atoms with Gasteiger partial charge >= 0.3 is 6.03 Å². The van der Waals surface area contributed by atoms with E-state index in [4.69, 9.17) is 0 Å².